The molecule has 0 fully saturated rings. The fraction of sp³-hybridized carbons (Fsp3) is 0.300. The zero-order valence-electron chi connectivity index (χ0n) is 9.06. The smallest absolute Gasteiger partial charge is 0.336 e. The van der Waals surface area contributed by atoms with E-state index in [1.807, 2.05) is 0 Å². The van der Waals surface area contributed by atoms with E-state index in [0.717, 1.165) is 12.1 Å². The van der Waals surface area contributed by atoms with Crippen molar-refractivity contribution in [3.8, 4) is 0 Å². The Kier molecular flexibility index (Phi) is 4.61. The number of carboxylic acids is 1. The van der Waals surface area contributed by atoms with Gasteiger partial charge in [-0.15, -0.1) is 0 Å². The van der Waals surface area contributed by atoms with Gasteiger partial charge in [0, 0.05) is 10.5 Å². The highest BCUT2D eigenvalue weighted by atomic mass is 19.1. The number of carbonyl (C=O) groups is 1. The van der Waals surface area contributed by atoms with Crippen LogP contribution in [0.5, 0.6) is 0 Å². The number of nitrogens with zero attached hydrogens (tertiary/aromatic N) is 3. The van der Waals surface area contributed by atoms with Crippen molar-refractivity contribution in [2.45, 2.75) is 12.2 Å². The van der Waals surface area contributed by atoms with Crippen LogP contribution in [0.1, 0.15) is 22.0 Å². The standard InChI is InChI=1S/C10H10FN3O4/c11-6-3-1-2-5(10(17)18)8(6)9(16)7(15)4-13-14-12/h1-3,7,9,15-16H,4H2,(H,17,18). The molecule has 0 heterocycles. The number of hydrogen-bond acceptors (Lipinski definition) is 4. The Hall–Kier alpha value is -2.15. The zero-order chi connectivity index (χ0) is 13.7. The second kappa shape index (κ2) is 5.97. The molecule has 0 aliphatic rings. The van der Waals surface area contributed by atoms with Gasteiger partial charge in [0.15, 0.2) is 0 Å². The maximum Gasteiger partial charge on any atom is 0.336 e. The monoisotopic (exact) mass is 255 g/mol. The van der Waals surface area contributed by atoms with Gasteiger partial charge >= 0.3 is 5.97 Å². The minimum atomic E-state index is -1.79. The minimum absolute atomic E-state index is 0.456. The van der Waals surface area contributed by atoms with Crippen LogP contribution in [-0.2, 0) is 0 Å². The van der Waals surface area contributed by atoms with Gasteiger partial charge in [-0.25, -0.2) is 9.18 Å². The summed E-state index contributed by atoms with van der Waals surface area (Å²) in [7, 11) is 0. The first-order valence-electron chi connectivity index (χ1n) is 4.87. The largest absolute Gasteiger partial charge is 0.478 e. The summed E-state index contributed by atoms with van der Waals surface area (Å²) in [5, 5.41) is 31.0. The summed E-state index contributed by atoms with van der Waals surface area (Å²) >= 11 is 0. The molecule has 0 bridgehead atoms. The molecule has 2 atom stereocenters. The Bertz CT molecular complexity index is 502. The van der Waals surface area contributed by atoms with E-state index < -0.39 is 41.7 Å². The average Bonchev–Trinajstić information content (AvgIpc) is 2.34. The van der Waals surface area contributed by atoms with Crippen LogP contribution in [0.25, 0.3) is 10.4 Å². The molecule has 1 rings (SSSR count). The first kappa shape index (κ1) is 13.9. The van der Waals surface area contributed by atoms with E-state index >= 15 is 0 Å². The minimum Gasteiger partial charge on any atom is -0.478 e. The van der Waals surface area contributed by atoms with Crippen molar-refractivity contribution in [2.75, 3.05) is 6.54 Å². The van der Waals surface area contributed by atoms with Crippen LogP contribution >= 0.6 is 0 Å². The third-order valence-corrected chi connectivity index (χ3v) is 2.28. The summed E-state index contributed by atoms with van der Waals surface area (Å²) in [6.45, 7) is -0.495. The molecule has 96 valence electrons. The molecular weight excluding hydrogens is 245 g/mol. The molecule has 1 aromatic rings. The number of aromatic carboxylic acids is 1. The zero-order valence-corrected chi connectivity index (χ0v) is 9.06. The molecule has 3 N–H and O–H groups in total. The van der Waals surface area contributed by atoms with Gasteiger partial charge in [0.05, 0.1) is 18.2 Å². The van der Waals surface area contributed by atoms with Gasteiger partial charge in [-0.05, 0) is 17.7 Å². The Labute approximate surface area is 101 Å². The number of carboxylic acid groups (broad SMARTS) is 1. The van der Waals surface area contributed by atoms with Crippen molar-refractivity contribution in [1.29, 1.82) is 0 Å². The molecule has 0 aliphatic carbocycles. The van der Waals surface area contributed by atoms with Crippen molar-refractivity contribution in [3.05, 3.63) is 45.6 Å². The van der Waals surface area contributed by atoms with E-state index in [4.69, 9.17) is 10.6 Å². The molecule has 0 saturated carbocycles. The second-order valence-electron chi connectivity index (χ2n) is 3.43. The first-order chi connectivity index (χ1) is 8.49. The summed E-state index contributed by atoms with van der Waals surface area (Å²) in [5.74, 6) is -2.39. The number of benzene rings is 1. The Morgan fingerprint density at radius 3 is 2.72 bits per heavy atom. The number of rotatable bonds is 5. The third kappa shape index (κ3) is 2.95. The summed E-state index contributed by atoms with van der Waals surface area (Å²) in [4.78, 5) is 13.2. The van der Waals surface area contributed by atoms with Crippen LogP contribution < -0.4 is 0 Å². The third-order valence-electron chi connectivity index (χ3n) is 2.28. The Morgan fingerprint density at radius 2 is 2.17 bits per heavy atom. The SMILES string of the molecule is [N-]=[N+]=NCC(O)C(O)c1c(F)cccc1C(=O)O. The highest BCUT2D eigenvalue weighted by molar-refractivity contribution is 5.89. The molecule has 2 unspecified atom stereocenters. The number of halogens is 1. The first-order valence-corrected chi connectivity index (χ1v) is 4.87. The fourth-order valence-corrected chi connectivity index (χ4v) is 1.44. The van der Waals surface area contributed by atoms with Gasteiger partial charge < -0.3 is 15.3 Å². The van der Waals surface area contributed by atoms with Crippen LogP contribution in [0.4, 0.5) is 4.39 Å². The Morgan fingerprint density at radius 1 is 1.50 bits per heavy atom. The van der Waals surface area contributed by atoms with Gasteiger partial charge in [-0.2, -0.15) is 0 Å². The summed E-state index contributed by atoms with van der Waals surface area (Å²) in [6.07, 6.45) is -3.38. The fourth-order valence-electron chi connectivity index (χ4n) is 1.44. The molecule has 0 saturated heterocycles. The van der Waals surface area contributed by atoms with Gasteiger partial charge in [-0.3, -0.25) is 0 Å². The highest BCUT2D eigenvalue weighted by Crippen LogP contribution is 2.24. The lowest BCUT2D eigenvalue weighted by atomic mass is 9.98. The van der Waals surface area contributed by atoms with E-state index in [9.17, 15) is 19.4 Å². The summed E-state index contributed by atoms with van der Waals surface area (Å²) in [6, 6.07) is 3.24. The normalized spacial score (nSPS) is 13.5. The van der Waals surface area contributed by atoms with Gasteiger partial charge in [0.2, 0.25) is 0 Å². The van der Waals surface area contributed by atoms with Crippen molar-refractivity contribution in [1.82, 2.24) is 0 Å². The van der Waals surface area contributed by atoms with Gasteiger partial charge in [0.1, 0.15) is 11.9 Å². The Balaban J connectivity index is 3.14. The maximum absolute atomic E-state index is 13.5. The molecule has 7 nitrogen and oxygen atoms in total. The molecule has 1 aromatic carbocycles. The van der Waals surface area contributed by atoms with Crippen LogP contribution in [0.2, 0.25) is 0 Å². The van der Waals surface area contributed by atoms with Gasteiger partial charge in [0.25, 0.3) is 0 Å². The van der Waals surface area contributed by atoms with Gasteiger partial charge in [-0.1, -0.05) is 11.2 Å². The lowest BCUT2D eigenvalue weighted by Crippen LogP contribution is -2.24. The molecule has 8 heteroatoms. The number of aliphatic hydroxyl groups is 2. The average molecular weight is 255 g/mol. The molecule has 0 aromatic heterocycles. The van der Waals surface area contributed by atoms with Crippen LogP contribution in [-0.4, -0.2) is 33.9 Å². The van der Waals surface area contributed by atoms with E-state index in [1.165, 1.54) is 6.07 Å². The van der Waals surface area contributed by atoms with Crippen LogP contribution in [0, 0.1) is 5.82 Å². The number of azide groups is 1. The predicted molar refractivity (Wildman–Crippen MR) is 58.3 cm³/mol. The summed E-state index contributed by atoms with van der Waals surface area (Å²) in [5.41, 5.74) is 7.07. The van der Waals surface area contributed by atoms with E-state index in [0.29, 0.717) is 0 Å². The molecule has 0 radical (unpaired) electrons. The molecular formula is C10H10FN3O4. The van der Waals surface area contributed by atoms with Crippen molar-refractivity contribution >= 4 is 5.97 Å². The predicted octanol–water partition coefficient (Wildman–Crippen LogP) is 1.23. The lowest BCUT2D eigenvalue weighted by Gasteiger charge is -2.18. The number of hydrogen-bond donors (Lipinski definition) is 3. The molecule has 0 spiro atoms. The quantitative estimate of drug-likeness (QED) is 0.415. The maximum atomic E-state index is 13.5. The number of aliphatic hydroxyl groups excluding tert-OH is 2. The lowest BCUT2D eigenvalue weighted by molar-refractivity contribution is 0.0210. The van der Waals surface area contributed by atoms with Crippen molar-refractivity contribution in [3.63, 3.8) is 0 Å². The highest BCUT2D eigenvalue weighted by Gasteiger charge is 2.26. The van der Waals surface area contributed by atoms with Crippen LogP contribution in [0.15, 0.2) is 23.3 Å². The van der Waals surface area contributed by atoms with Crippen molar-refractivity contribution < 1.29 is 24.5 Å². The van der Waals surface area contributed by atoms with E-state index in [2.05, 4.69) is 10.0 Å². The van der Waals surface area contributed by atoms with Crippen molar-refractivity contribution in [2.24, 2.45) is 5.11 Å². The van der Waals surface area contributed by atoms with Crippen LogP contribution in [0.3, 0.4) is 0 Å². The van der Waals surface area contributed by atoms with E-state index in [-0.39, 0.29) is 0 Å². The molecule has 0 aliphatic heterocycles. The van der Waals surface area contributed by atoms with E-state index in [1.54, 1.807) is 0 Å². The summed E-state index contributed by atoms with van der Waals surface area (Å²) < 4.78 is 13.5. The topological polar surface area (TPSA) is 127 Å². The molecule has 18 heavy (non-hydrogen) atoms. The second-order valence-corrected chi connectivity index (χ2v) is 3.43. The molecule has 0 amide bonds.